The van der Waals surface area contributed by atoms with Gasteiger partial charge in [0.25, 0.3) is 0 Å². The van der Waals surface area contributed by atoms with Crippen LogP contribution in [0.4, 0.5) is 0 Å². The zero-order valence-corrected chi connectivity index (χ0v) is 12.4. The van der Waals surface area contributed by atoms with Crippen LogP contribution in [0.2, 0.25) is 0 Å². The molecule has 2 atom stereocenters. The third-order valence-electron chi connectivity index (χ3n) is 2.84. The molecule has 2 unspecified atom stereocenters. The Kier molecular flexibility index (Phi) is 6.38. The lowest BCUT2D eigenvalue weighted by molar-refractivity contribution is -0.119. The Morgan fingerprint density at radius 2 is 1.90 bits per heavy atom. The van der Waals surface area contributed by atoms with Crippen LogP contribution in [0.3, 0.4) is 0 Å². The zero-order valence-electron chi connectivity index (χ0n) is 11.6. The van der Waals surface area contributed by atoms with Gasteiger partial charge in [-0.2, -0.15) is 0 Å². The van der Waals surface area contributed by atoms with E-state index < -0.39 is 16.8 Å². The quantitative estimate of drug-likeness (QED) is 0.800. The van der Waals surface area contributed by atoms with Crippen LogP contribution in [0.15, 0.2) is 24.3 Å². The van der Waals surface area contributed by atoms with Gasteiger partial charge in [-0.25, -0.2) is 4.79 Å². The van der Waals surface area contributed by atoms with Crippen molar-refractivity contribution in [2.24, 2.45) is 0 Å². The summed E-state index contributed by atoms with van der Waals surface area (Å²) in [5, 5.41) is 11.5. The third-order valence-corrected chi connectivity index (χ3v) is 4.08. The van der Waals surface area contributed by atoms with Gasteiger partial charge in [-0.15, -0.1) is 0 Å². The highest BCUT2D eigenvalue weighted by molar-refractivity contribution is 7.84. The van der Waals surface area contributed by atoms with E-state index in [1.165, 1.54) is 12.1 Å². The van der Waals surface area contributed by atoms with Gasteiger partial charge in [0.1, 0.15) is 5.75 Å². The molecule has 1 rings (SSSR count). The molecule has 0 saturated heterocycles. The molecule has 2 N–H and O–H groups in total. The summed E-state index contributed by atoms with van der Waals surface area (Å²) in [6.45, 7) is 3.86. The molecule has 1 amide bonds. The van der Waals surface area contributed by atoms with E-state index in [0.717, 1.165) is 12.0 Å². The van der Waals surface area contributed by atoms with Gasteiger partial charge < -0.3 is 10.4 Å². The summed E-state index contributed by atoms with van der Waals surface area (Å²) in [5.41, 5.74) is 0.943. The minimum Gasteiger partial charge on any atom is -0.478 e. The first-order valence-corrected chi connectivity index (χ1v) is 7.87. The van der Waals surface area contributed by atoms with Crippen LogP contribution >= 0.6 is 0 Å². The molecule has 0 aliphatic carbocycles. The third kappa shape index (κ3) is 5.52. The summed E-state index contributed by atoms with van der Waals surface area (Å²) in [7, 11) is -1.30. The Balaban J connectivity index is 2.50. The summed E-state index contributed by atoms with van der Waals surface area (Å²) >= 11 is 0. The predicted molar refractivity (Wildman–Crippen MR) is 78.0 cm³/mol. The number of hydrogen-bond acceptors (Lipinski definition) is 3. The highest BCUT2D eigenvalue weighted by Crippen LogP contribution is 2.07. The second-order valence-corrected chi connectivity index (χ2v) is 6.06. The van der Waals surface area contributed by atoms with Gasteiger partial charge in [-0.1, -0.05) is 19.1 Å². The maximum absolute atomic E-state index is 11.8. The van der Waals surface area contributed by atoms with Gasteiger partial charge in [0, 0.05) is 22.6 Å². The molecule has 0 radical (unpaired) electrons. The van der Waals surface area contributed by atoms with Gasteiger partial charge in [0.2, 0.25) is 5.91 Å². The van der Waals surface area contributed by atoms with Crippen molar-refractivity contribution in [3.8, 4) is 0 Å². The summed E-state index contributed by atoms with van der Waals surface area (Å²) < 4.78 is 11.8. The molecule has 20 heavy (non-hydrogen) atoms. The molecule has 1 aromatic rings. The van der Waals surface area contributed by atoms with E-state index in [1.54, 1.807) is 12.1 Å². The Morgan fingerprint density at radius 3 is 2.40 bits per heavy atom. The normalized spacial score (nSPS) is 13.5. The number of carbonyl (C=O) groups is 2. The second-order valence-electron chi connectivity index (χ2n) is 4.61. The lowest BCUT2D eigenvalue weighted by atomic mass is 10.1. The maximum atomic E-state index is 11.8. The van der Waals surface area contributed by atoms with E-state index in [9.17, 15) is 13.8 Å². The molecule has 1 aromatic carbocycles. The highest BCUT2D eigenvalue weighted by atomic mass is 32.2. The minimum atomic E-state index is -1.30. The van der Waals surface area contributed by atoms with Crippen molar-refractivity contribution >= 4 is 22.7 Å². The summed E-state index contributed by atoms with van der Waals surface area (Å²) in [6, 6.07) is 6.25. The van der Waals surface area contributed by atoms with Crippen molar-refractivity contribution in [3.63, 3.8) is 0 Å². The molecule has 6 heteroatoms. The van der Waals surface area contributed by atoms with Crippen LogP contribution in [0, 0.1) is 0 Å². The number of benzene rings is 1. The molecule has 0 aromatic heterocycles. The first-order valence-electron chi connectivity index (χ1n) is 6.39. The van der Waals surface area contributed by atoms with Gasteiger partial charge >= 0.3 is 5.97 Å². The fourth-order valence-corrected chi connectivity index (χ4v) is 2.59. The molecule has 110 valence electrons. The van der Waals surface area contributed by atoms with E-state index in [0.29, 0.717) is 0 Å². The van der Waals surface area contributed by atoms with Crippen LogP contribution < -0.4 is 5.32 Å². The van der Waals surface area contributed by atoms with Gasteiger partial charge in [-0.3, -0.25) is 9.00 Å². The summed E-state index contributed by atoms with van der Waals surface area (Å²) in [4.78, 5) is 22.3. The van der Waals surface area contributed by atoms with E-state index >= 15 is 0 Å². The number of hydrogen-bond donors (Lipinski definition) is 2. The van der Waals surface area contributed by atoms with Gasteiger partial charge in [0.05, 0.1) is 5.56 Å². The minimum absolute atomic E-state index is 0.0367. The number of carboxylic acids is 1. The Bertz CT molecular complexity index is 498. The van der Waals surface area contributed by atoms with Crippen molar-refractivity contribution in [2.45, 2.75) is 32.1 Å². The van der Waals surface area contributed by atoms with Gasteiger partial charge in [0.15, 0.2) is 0 Å². The SMILES string of the molecule is CCC(C)NC(=O)CS(=O)Cc1ccc(C(=O)O)cc1. The number of aromatic carboxylic acids is 1. The van der Waals surface area contributed by atoms with Crippen LogP contribution in [-0.4, -0.2) is 33.0 Å². The Hall–Kier alpha value is -1.69. The van der Waals surface area contributed by atoms with E-state index in [4.69, 9.17) is 5.11 Å². The zero-order chi connectivity index (χ0) is 15.1. The number of amides is 1. The monoisotopic (exact) mass is 297 g/mol. The molecule has 0 heterocycles. The Labute approximate surface area is 120 Å². The molecule has 0 fully saturated rings. The number of rotatable bonds is 7. The Morgan fingerprint density at radius 1 is 1.30 bits per heavy atom. The van der Waals surface area contributed by atoms with Crippen LogP contribution in [0.5, 0.6) is 0 Å². The van der Waals surface area contributed by atoms with Crippen molar-refractivity contribution in [1.82, 2.24) is 5.32 Å². The molecule has 0 aliphatic rings. The maximum Gasteiger partial charge on any atom is 0.335 e. The largest absolute Gasteiger partial charge is 0.478 e. The standard InChI is InChI=1S/C14H19NO4S/c1-3-10(2)15-13(16)9-20(19)8-11-4-6-12(7-5-11)14(17)18/h4-7,10H,3,8-9H2,1-2H3,(H,15,16)(H,17,18). The lowest BCUT2D eigenvalue weighted by Crippen LogP contribution is -2.35. The molecular formula is C14H19NO4S. The van der Waals surface area contributed by atoms with Crippen LogP contribution in [0.1, 0.15) is 36.2 Å². The lowest BCUT2D eigenvalue weighted by Gasteiger charge is -2.11. The molecule has 0 bridgehead atoms. The molecule has 5 nitrogen and oxygen atoms in total. The summed E-state index contributed by atoms with van der Waals surface area (Å²) in [5.74, 6) is -1.01. The highest BCUT2D eigenvalue weighted by Gasteiger charge is 2.11. The van der Waals surface area contributed by atoms with Crippen molar-refractivity contribution < 1.29 is 18.9 Å². The predicted octanol–water partition coefficient (Wildman–Crippen LogP) is 1.55. The first kappa shape index (κ1) is 16.4. The number of nitrogens with one attached hydrogen (secondary N) is 1. The van der Waals surface area contributed by atoms with E-state index in [2.05, 4.69) is 5.32 Å². The van der Waals surface area contributed by atoms with Crippen molar-refractivity contribution in [3.05, 3.63) is 35.4 Å². The van der Waals surface area contributed by atoms with E-state index in [-0.39, 0.29) is 29.0 Å². The van der Waals surface area contributed by atoms with E-state index in [1.807, 2.05) is 13.8 Å². The van der Waals surface area contributed by atoms with Crippen LogP contribution in [0.25, 0.3) is 0 Å². The second kappa shape index (κ2) is 7.79. The fraction of sp³-hybridized carbons (Fsp3) is 0.429. The van der Waals surface area contributed by atoms with Crippen molar-refractivity contribution in [1.29, 1.82) is 0 Å². The topological polar surface area (TPSA) is 83.5 Å². The average molecular weight is 297 g/mol. The molecule has 0 spiro atoms. The van der Waals surface area contributed by atoms with Crippen LogP contribution in [-0.2, 0) is 21.3 Å². The molecular weight excluding hydrogens is 278 g/mol. The molecule has 0 aliphatic heterocycles. The smallest absolute Gasteiger partial charge is 0.335 e. The average Bonchev–Trinajstić information content (AvgIpc) is 2.38. The summed E-state index contributed by atoms with van der Waals surface area (Å²) in [6.07, 6.45) is 0.828. The first-order chi connectivity index (χ1) is 9.42. The number of carbonyl (C=O) groups excluding carboxylic acids is 1. The van der Waals surface area contributed by atoms with Crippen molar-refractivity contribution in [2.75, 3.05) is 5.75 Å². The molecule has 0 saturated carbocycles. The fourth-order valence-electron chi connectivity index (χ4n) is 1.55. The van der Waals surface area contributed by atoms with Gasteiger partial charge in [-0.05, 0) is 31.0 Å². The number of carboxylic acid groups (broad SMARTS) is 1.